The largest absolute Gasteiger partial charge is 0.382 e. The molecule has 1 atom stereocenters. The summed E-state index contributed by atoms with van der Waals surface area (Å²) in [5.41, 5.74) is 0. The second-order valence-electron chi connectivity index (χ2n) is 5.83. The Bertz CT molecular complexity index is 268. The summed E-state index contributed by atoms with van der Waals surface area (Å²) in [6, 6.07) is 0.283. The Morgan fingerprint density at radius 1 is 1.14 bits per heavy atom. The van der Waals surface area contributed by atoms with Crippen LogP contribution in [-0.4, -0.2) is 51.5 Å². The molecule has 0 aromatic carbocycles. The van der Waals surface area contributed by atoms with Crippen LogP contribution < -0.4 is 10.6 Å². The molecule has 1 rings (SSSR count). The van der Waals surface area contributed by atoms with E-state index >= 15 is 0 Å². The first kappa shape index (κ1) is 18.4. The third-order valence-corrected chi connectivity index (χ3v) is 3.94. The SMILES string of the molecule is COCCOCCCCNC(C)C(=O)NC1CCCCC1. The Morgan fingerprint density at radius 2 is 1.90 bits per heavy atom. The summed E-state index contributed by atoms with van der Waals surface area (Å²) in [7, 11) is 1.67. The second kappa shape index (κ2) is 12.0. The Balaban J connectivity index is 1.96. The fraction of sp³-hybridized carbons (Fsp3) is 0.938. The van der Waals surface area contributed by atoms with Gasteiger partial charge in [0.2, 0.25) is 5.91 Å². The molecule has 0 bridgehead atoms. The molecule has 0 radical (unpaired) electrons. The molecule has 2 N–H and O–H groups in total. The van der Waals surface area contributed by atoms with Crippen LogP contribution in [0.4, 0.5) is 0 Å². The molecule has 124 valence electrons. The van der Waals surface area contributed by atoms with E-state index in [2.05, 4.69) is 10.6 Å². The molecular weight excluding hydrogens is 268 g/mol. The van der Waals surface area contributed by atoms with Crippen molar-refractivity contribution in [2.45, 2.75) is 64.0 Å². The van der Waals surface area contributed by atoms with Crippen molar-refractivity contribution in [2.24, 2.45) is 0 Å². The van der Waals surface area contributed by atoms with Gasteiger partial charge in [-0.25, -0.2) is 0 Å². The Hall–Kier alpha value is -0.650. The van der Waals surface area contributed by atoms with E-state index in [1.807, 2.05) is 6.92 Å². The first-order valence-electron chi connectivity index (χ1n) is 8.34. The van der Waals surface area contributed by atoms with Gasteiger partial charge in [0.1, 0.15) is 0 Å². The topological polar surface area (TPSA) is 59.6 Å². The number of carbonyl (C=O) groups is 1. The van der Waals surface area contributed by atoms with E-state index in [9.17, 15) is 4.79 Å². The van der Waals surface area contributed by atoms with Crippen LogP contribution in [0.25, 0.3) is 0 Å². The van der Waals surface area contributed by atoms with Gasteiger partial charge in [-0.2, -0.15) is 0 Å². The highest BCUT2D eigenvalue weighted by Gasteiger charge is 2.18. The van der Waals surface area contributed by atoms with Crippen LogP contribution in [0.2, 0.25) is 0 Å². The van der Waals surface area contributed by atoms with E-state index in [0.717, 1.165) is 38.8 Å². The first-order valence-corrected chi connectivity index (χ1v) is 8.34. The number of hydrogen-bond acceptors (Lipinski definition) is 4. The van der Waals surface area contributed by atoms with Crippen LogP contribution >= 0.6 is 0 Å². The fourth-order valence-electron chi connectivity index (χ4n) is 2.56. The number of unbranched alkanes of at least 4 members (excludes halogenated alkanes) is 1. The van der Waals surface area contributed by atoms with E-state index in [4.69, 9.17) is 9.47 Å². The molecule has 0 saturated heterocycles. The minimum absolute atomic E-state index is 0.110. The van der Waals surface area contributed by atoms with E-state index in [0.29, 0.717) is 19.3 Å². The summed E-state index contributed by atoms with van der Waals surface area (Å²) in [5.74, 6) is 0.137. The summed E-state index contributed by atoms with van der Waals surface area (Å²) < 4.78 is 10.3. The maximum atomic E-state index is 12.0. The summed E-state index contributed by atoms with van der Waals surface area (Å²) in [5, 5.41) is 6.44. The minimum Gasteiger partial charge on any atom is -0.382 e. The third kappa shape index (κ3) is 9.06. The van der Waals surface area contributed by atoms with Gasteiger partial charge in [-0.1, -0.05) is 19.3 Å². The molecule has 0 heterocycles. The summed E-state index contributed by atoms with van der Waals surface area (Å²) in [6.45, 7) is 4.86. The van der Waals surface area contributed by atoms with Gasteiger partial charge < -0.3 is 20.1 Å². The number of carbonyl (C=O) groups excluding carboxylic acids is 1. The number of nitrogens with one attached hydrogen (secondary N) is 2. The highest BCUT2D eigenvalue weighted by Crippen LogP contribution is 2.17. The predicted octanol–water partition coefficient (Wildman–Crippen LogP) is 1.86. The van der Waals surface area contributed by atoms with E-state index in [1.54, 1.807) is 7.11 Å². The lowest BCUT2D eigenvalue weighted by atomic mass is 9.95. The molecule has 5 nitrogen and oxygen atoms in total. The van der Waals surface area contributed by atoms with Crippen LogP contribution in [0.3, 0.4) is 0 Å². The van der Waals surface area contributed by atoms with E-state index < -0.39 is 0 Å². The number of rotatable bonds is 11. The maximum absolute atomic E-state index is 12.0. The molecule has 0 aromatic rings. The molecule has 5 heteroatoms. The zero-order valence-corrected chi connectivity index (χ0v) is 13.7. The maximum Gasteiger partial charge on any atom is 0.237 e. The quantitative estimate of drug-likeness (QED) is 0.572. The highest BCUT2D eigenvalue weighted by atomic mass is 16.5. The average molecular weight is 300 g/mol. The number of amides is 1. The smallest absolute Gasteiger partial charge is 0.237 e. The van der Waals surface area contributed by atoms with Crippen LogP contribution in [0, 0.1) is 0 Å². The monoisotopic (exact) mass is 300 g/mol. The zero-order valence-electron chi connectivity index (χ0n) is 13.7. The highest BCUT2D eigenvalue weighted by molar-refractivity contribution is 5.81. The van der Waals surface area contributed by atoms with Crippen molar-refractivity contribution < 1.29 is 14.3 Å². The standard InChI is InChI=1S/C16H32N2O3/c1-14(16(19)18-15-8-4-3-5-9-15)17-10-6-7-11-21-13-12-20-2/h14-15,17H,3-13H2,1-2H3,(H,18,19). The van der Waals surface area contributed by atoms with Crippen LogP contribution in [0.5, 0.6) is 0 Å². The van der Waals surface area contributed by atoms with Gasteiger partial charge in [-0.05, 0) is 39.2 Å². The van der Waals surface area contributed by atoms with Gasteiger partial charge in [0, 0.05) is 19.8 Å². The van der Waals surface area contributed by atoms with Crippen molar-refractivity contribution in [1.82, 2.24) is 10.6 Å². The van der Waals surface area contributed by atoms with E-state index in [1.165, 1.54) is 19.3 Å². The van der Waals surface area contributed by atoms with Crippen molar-refractivity contribution in [3.63, 3.8) is 0 Å². The van der Waals surface area contributed by atoms with Crippen molar-refractivity contribution in [2.75, 3.05) is 33.5 Å². The van der Waals surface area contributed by atoms with Gasteiger partial charge in [0.05, 0.1) is 19.3 Å². The Labute approximate surface area is 129 Å². The lowest BCUT2D eigenvalue weighted by Crippen LogP contribution is -2.47. The van der Waals surface area contributed by atoms with Gasteiger partial charge in [0.15, 0.2) is 0 Å². The minimum atomic E-state index is -0.110. The average Bonchev–Trinajstić information content (AvgIpc) is 2.50. The molecule has 1 aliphatic carbocycles. The first-order chi connectivity index (χ1) is 10.2. The molecule has 0 aliphatic heterocycles. The fourth-order valence-corrected chi connectivity index (χ4v) is 2.56. The van der Waals surface area contributed by atoms with Crippen molar-refractivity contribution >= 4 is 5.91 Å². The number of methoxy groups -OCH3 is 1. The second-order valence-corrected chi connectivity index (χ2v) is 5.83. The zero-order chi connectivity index (χ0) is 15.3. The molecule has 1 unspecified atom stereocenters. The molecule has 1 fully saturated rings. The predicted molar refractivity (Wildman–Crippen MR) is 84.4 cm³/mol. The number of ether oxygens (including phenoxy) is 2. The molecule has 0 spiro atoms. The molecule has 1 saturated carbocycles. The third-order valence-electron chi connectivity index (χ3n) is 3.94. The van der Waals surface area contributed by atoms with Crippen LogP contribution in [0.15, 0.2) is 0 Å². The molecular formula is C16H32N2O3. The van der Waals surface area contributed by atoms with Crippen LogP contribution in [-0.2, 0) is 14.3 Å². The lowest BCUT2D eigenvalue weighted by Gasteiger charge is -2.24. The van der Waals surface area contributed by atoms with Crippen LogP contribution in [0.1, 0.15) is 51.9 Å². The van der Waals surface area contributed by atoms with Gasteiger partial charge in [0.25, 0.3) is 0 Å². The Kier molecular flexibility index (Phi) is 10.5. The Morgan fingerprint density at radius 3 is 2.62 bits per heavy atom. The lowest BCUT2D eigenvalue weighted by molar-refractivity contribution is -0.123. The van der Waals surface area contributed by atoms with Crippen molar-refractivity contribution in [3.05, 3.63) is 0 Å². The summed E-state index contributed by atoms with van der Waals surface area (Å²) in [6.07, 6.45) is 8.11. The number of hydrogen-bond donors (Lipinski definition) is 2. The van der Waals surface area contributed by atoms with E-state index in [-0.39, 0.29) is 11.9 Å². The molecule has 21 heavy (non-hydrogen) atoms. The van der Waals surface area contributed by atoms with Crippen molar-refractivity contribution in [3.8, 4) is 0 Å². The van der Waals surface area contributed by atoms with Crippen molar-refractivity contribution in [1.29, 1.82) is 0 Å². The summed E-state index contributed by atoms with van der Waals surface area (Å²) >= 11 is 0. The molecule has 1 amide bonds. The normalized spacial score (nSPS) is 17.6. The summed E-state index contributed by atoms with van der Waals surface area (Å²) in [4.78, 5) is 12.0. The molecule has 1 aliphatic rings. The van der Waals surface area contributed by atoms with Gasteiger partial charge in [-0.15, -0.1) is 0 Å². The molecule has 0 aromatic heterocycles. The van der Waals surface area contributed by atoms with Gasteiger partial charge >= 0.3 is 0 Å². The van der Waals surface area contributed by atoms with Gasteiger partial charge in [-0.3, -0.25) is 4.79 Å².